The summed E-state index contributed by atoms with van der Waals surface area (Å²) in [5.41, 5.74) is -0.866. The Bertz CT molecular complexity index is 519. The van der Waals surface area contributed by atoms with Gasteiger partial charge in [-0.1, -0.05) is 11.8 Å². The first kappa shape index (κ1) is 17.3. The largest absolute Gasteiger partial charge is 0.480 e. The molecule has 0 aromatic carbocycles. The molecule has 21 heavy (non-hydrogen) atoms. The fraction of sp³-hybridized carbons (Fsp3) is 0.417. The Labute approximate surface area is 123 Å². The number of carboxylic acid groups (broad SMARTS) is 1. The molecule has 1 aromatic rings. The number of aliphatic carboxylic acids is 1. The maximum absolute atomic E-state index is 12.3. The zero-order valence-corrected chi connectivity index (χ0v) is 12.0. The normalized spacial score (nSPS) is 12.8. The van der Waals surface area contributed by atoms with Crippen LogP contribution in [0.1, 0.15) is 12.5 Å². The molecule has 1 atom stereocenters. The maximum Gasteiger partial charge on any atom is 0.417 e. The number of alkyl halides is 3. The average molecular weight is 322 g/mol. The third-order valence-corrected chi connectivity index (χ3v) is 3.67. The van der Waals surface area contributed by atoms with Crippen LogP contribution in [-0.2, 0) is 15.8 Å². The number of halogens is 3. The molecule has 0 aliphatic heterocycles. The van der Waals surface area contributed by atoms with Gasteiger partial charge in [0.05, 0.1) is 16.3 Å². The van der Waals surface area contributed by atoms with Crippen LogP contribution >= 0.6 is 11.8 Å². The van der Waals surface area contributed by atoms with Crippen molar-refractivity contribution in [3.63, 3.8) is 0 Å². The van der Waals surface area contributed by atoms with Crippen LogP contribution in [0.4, 0.5) is 13.2 Å². The number of amides is 1. The van der Waals surface area contributed by atoms with E-state index in [-0.39, 0.29) is 10.8 Å². The standard InChI is InChI=1S/C12H13F3N2O3S/c1-7(11(19)20)17(2)10(18)6-21-9-4-3-8(5-16-9)12(13,14)15/h3-5,7H,6H2,1-2H3,(H,19,20). The smallest absolute Gasteiger partial charge is 0.417 e. The lowest BCUT2D eigenvalue weighted by atomic mass is 10.3. The quantitative estimate of drug-likeness (QED) is 0.841. The monoisotopic (exact) mass is 322 g/mol. The number of rotatable bonds is 5. The van der Waals surface area contributed by atoms with E-state index in [1.54, 1.807) is 0 Å². The van der Waals surface area contributed by atoms with Crippen molar-refractivity contribution in [3.8, 4) is 0 Å². The van der Waals surface area contributed by atoms with Crippen LogP contribution in [0.5, 0.6) is 0 Å². The van der Waals surface area contributed by atoms with Crippen LogP contribution in [0.2, 0.25) is 0 Å². The summed E-state index contributed by atoms with van der Waals surface area (Å²) < 4.78 is 37.0. The summed E-state index contributed by atoms with van der Waals surface area (Å²) in [6.45, 7) is 1.36. The summed E-state index contributed by atoms with van der Waals surface area (Å²) in [7, 11) is 1.35. The van der Waals surface area contributed by atoms with Crippen LogP contribution in [0.15, 0.2) is 23.4 Å². The van der Waals surface area contributed by atoms with Crippen molar-refractivity contribution in [2.24, 2.45) is 0 Å². The predicted molar refractivity (Wildman–Crippen MR) is 69.8 cm³/mol. The summed E-state index contributed by atoms with van der Waals surface area (Å²) in [5.74, 6) is -1.69. The summed E-state index contributed by atoms with van der Waals surface area (Å²) in [6.07, 6.45) is -3.76. The van der Waals surface area contributed by atoms with Crippen molar-refractivity contribution in [1.82, 2.24) is 9.88 Å². The van der Waals surface area contributed by atoms with Crippen LogP contribution < -0.4 is 0 Å². The van der Waals surface area contributed by atoms with Crippen LogP contribution in [-0.4, -0.2) is 45.7 Å². The minimum Gasteiger partial charge on any atom is -0.480 e. The number of carboxylic acids is 1. The molecule has 1 rings (SSSR count). The number of hydrogen-bond acceptors (Lipinski definition) is 4. The lowest BCUT2D eigenvalue weighted by molar-refractivity contribution is -0.147. The minimum atomic E-state index is -4.46. The lowest BCUT2D eigenvalue weighted by Crippen LogP contribution is -2.41. The Morgan fingerprint density at radius 1 is 1.43 bits per heavy atom. The topological polar surface area (TPSA) is 70.5 Å². The van der Waals surface area contributed by atoms with Gasteiger partial charge in [0.15, 0.2) is 0 Å². The van der Waals surface area contributed by atoms with E-state index in [9.17, 15) is 22.8 Å². The molecule has 1 aromatic heterocycles. The molecule has 1 N–H and O–H groups in total. The highest BCUT2D eigenvalue weighted by atomic mass is 32.2. The molecule has 0 fully saturated rings. The molecular weight excluding hydrogens is 309 g/mol. The van der Waals surface area contributed by atoms with Gasteiger partial charge in [-0.15, -0.1) is 0 Å². The third-order valence-electron chi connectivity index (χ3n) is 2.74. The zero-order valence-electron chi connectivity index (χ0n) is 11.2. The third kappa shape index (κ3) is 4.92. The zero-order chi connectivity index (χ0) is 16.2. The first-order chi connectivity index (χ1) is 9.62. The van der Waals surface area contributed by atoms with E-state index >= 15 is 0 Å². The fourth-order valence-corrected chi connectivity index (χ4v) is 2.02. The van der Waals surface area contributed by atoms with Gasteiger partial charge >= 0.3 is 12.1 Å². The number of aromatic nitrogens is 1. The number of carbonyl (C=O) groups is 2. The molecule has 0 saturated carbocycles. The molecule has 1 unspecified atom stereocenters. The molecular formula is C12H13F3N2O3S. The van der Waals surface area contributed by atoms with E-state index in [0.29, 0.717) is 6.20 Å². The van der Waals surface area contributed by atoms with Crippen molar-refractivity contribution >= 4 is 23.6 Å². The number of thioether (sulfide) groups is 1. The van der Waals surface area contributed by atoms with Crippen LogP contribution in [0.25, 0.3) is 0 Å². The lowest BCUT2D eigenvalue weighted by Gasteiger charge is -2.21. The van der Waals surface area contributed by atoms with Gasteiger partial charge in [-0.2, -0.15) is 13.2 Å². The first-order valence-electron chi connectivity index (χ1n) is 5.77. The Kier molecular flexibility index (Phi) is 5.59. The predicted octanol–water partition coefficient (Wildman–Crippen LogP) is 2.12. The van der Waals surface area contributed by atoms with Crippen molar-refractivity contribution in [3.05, 3.63) is 23.9 Å². The van der Waals surface area contributed by atoms with Gasteiger partial charge in [0.1, 0.15) is 6.04 Å². The first-order valence-corrected chi connectivity index (χ1v) is 6.76. The van der Waals surface area contributed by atoms with E-state index in [0.717, 1.165) is 22.7 Å². The SMILES string of the molecule is CC(C(=O)O)N(C)C(=O)CSc1ccc(C(F)(F)F)cn1. The second kappa shape index (κ2) is 6.79. The fourth-order valence-electron chi connectivity index (χ4n) is 1.25. The van der Waals surface area contributed by atoms with Crippen LogP contribution in [0, 0.1) is 0 Å². The van der Waals surface area contributed by atoms with Gasteiger partial charge in [-0.3, -0.25) is 4.79 Å². The summed E-state index contributed by atoms with van der Waals surface area (Å²) in [4.78, 5) is 27.1. The number of hydrogen-bond donors (Lipinski definition) is 1. The highest BCUT2D eigenvalue weighted by Gasteiger charge is 2.30. The Hall–Kier alpha value is -1.77. The molecule has 0 saturated heterocycles. The second-order valence-electron chi connectivity index (χ2n) is 4.19. The molecule has 0 aliphatic carbocycles. The van der Waals surface area contributed by atoms with Crippen molar-refractivity contribution in [2.75, 3.05) is 12.8 Å². The molecule has 0 bridgehead atoms. The second-order valence-corrected chi connectivity index (χ2v) is 5.19. The highest BCUT2D eigenvalue weighted by molar-refractivity contribution is 7.99. The van der Waals surface area contributed by atoms with E-state index < -0.39 is 29.7 Å². The summed E-state index contributed by atoms with van der Waals surface area (Å²) in [5, 5.41) is 9.03. The maximum atomic E-state index is 12.3. The van der Waals surface area contributed by atoms with Gasteiger partial charge in [-0.25, -0.2) is 9.78 Å². The molecule has 1 amide bonds. The van der Waals surface area contributed by atoms with Crippen molar-refractivity contribution in [1.29, 1.82) is 0 Å². The van der Waals surface area contributed by atoms with Crippen LogP contribution in [0.3, 0.4) is 0 Å². The van der Waals surface area contributed by atoms with Gasteiger partial charge in [0, 0.05) is 13.2 Å². The number of likely N-dealkylation sites (N-methyl/N-ethyl adjacent to an activating group) is 1. The molecule has 0 aliphatic rings. The van der Waals surface area contributed by atoms with E-state index in [1.165, 1.54) is 20.0 Å². The molecule has 5 nitrogen and oxygen atoms in total. The van der Waals surface area contributed by atoms with E-state index in [4.69, 9.17) is 5.11 Å². The molecule has 0 radical (unpaired) electrons. The summed E-state index contributed by atoms with van der Waals surface area (Å²) in [6, 6.07) is 1.07. The summed E-state index contributed by atoms with van der Waals surface area (Å²) >= 11 is 0.943. The molecule has 116 valence electrons. The van der Waals surface area contributed by atoms with Gasteiger partial charge < -0.3 is 10.0 Å². The Morgan fingerprint density at radius 2 is 2.05 bits per heavy atom. The van der Waals surface area contributed by atoms with E-state index in [1.807, 2.05) is 0 Å². The minimum absolute atomic E-state index is 0.105. The van der Waals surface area contributed by atoms with E-state index in [2.05, 4.69) is 4.98 Å². The highest BCUT2D eigenvalue weighted by Crippen LogP contribution is 2.29. The van der Waals surface area contributed by atoms with Gasteiger partial charge in [0.2, 0.25) is 5.91 Å². The van der Waals surface area contributed by atoms with Crippen molar-refractivity contribution in [2.45, 2.75) is 24.2 Å². The Morgan fingerprint density at radius 3 is 2.48 bits per heavy atom. The van der Waals surface area contributed by atoms with Gasteiger partial charge in [-0.05, 0) is 19.1 Å². The molecule has 1 heterocycles. The number of pyridine rings is 1. The Balaban J connectivity index is 2.59. The number of carbonyl (C=O) groups excluding carboxylic acids is 1. The van der Waals surface area contributed by atoms with Crippen molar-refractivity contribution < 1.29 is 27.9 Å². The van der Waals surface area contributed by atoms with Gasteiger partial charge in [0.25, 0.3) is 0 Å². The molecule has 0 spiro atoms. The average Bonchev–Trinajstić information content (AvgIpc) is 2.42. The molecule has 9 heteroatoms. The number of nitrogens with zero attached hydrogens (tertiary/aromatic N) is 2.